The summed E-state index contributed by atoms with van der Waals surface area (Å²) in [7, 11) is 0. The molecule has 4 aliphatic carbocycles. The van der Waals surface area contributed by atoms with Crippen LogP contribution in [0.15, 0.2) is 0 Å². The van der Waals surface area contributed by atoms with E-state index >= 15 is 0 Å². The number of ketones is 1. The first-order valence-electron chi connectivity index (χ1n) is 10.4. The molecule has 0 unspecified atom stereocenters. The molecule has 4 saturated carbocycles. The van der Waals surface area contributed by atoms with Crippen LogP contribution in [0.5, 0.6) is 0 Å². The molecule has 4 aliphatic rings. The molecular weight excluding hydrogens is 296 g/mol. The molecule has 0 amide bonds. The number of carbonyl (C=O) groups excluding carboxylic acids is 1. The van der Waals surface area contributed by atoms with Crippen LogP contribution in [-0.2, 0) is 4.79 Å². The van der Waals surface area contributed by atoms with Crippen molar-refractivity contribution >= 4 is 5.78 Å². The molecular formula is C22H36O2. The first kappa shape index (κ1) is 17.1. The fourth-order valence-corrected chi connectivity index (χ4v) is 7.93. The van der Waals surface area contributed by atoms with Gasteiger partial charge in [-0.25, -0.2) is 0 Å². The summed E-state index contributed by atoms with van der Waals surface area (Å²) in [5, 5.41) is 10.5. The summed E-state index contributed by atoms with van der Waals surface area (Å²) in [6.07, 6.45) is 10.8. The molecule has 2 heteroatoms. The lowest BCUT2D eigenvalue weighted by Crippen LogP contribution is -2.53. The number of carbonyl (C=O) groups is 1. The third-order valence-corrected chi connectivity index (χ3v) is 9.62. The normalized spacial score (nSPS) is 57.0. The van der Waals surface area contributed by atoms with Crippen molar-refractivity contribution in [1.29, 1.82) is 0 Å². The molecule has 136 valence electrons. The van der Waals surface area contributed by atoms with Crippen molar-refractivity contribution in [2.75, 3.05) is 0 Å². The lowest BCUT2D eigenvalue weighted by Gasteiger charge is -2.58. The summed E-state index contributed by atoms with van der Waals surface area (Å²) < 4.78 is 0. The topological polar surface area (TPSA) is 37.3 Å². The Hall–Kier alpha value is -0.370. The van der Waals surface area contributed by atoms with E-state index in [9.17, 15) is 9.90 Å². The molecule has 0 aromatic carbocycles. The summed E-state index contributed by atoms with van der Waals surface area (Å²) in [5.41, 5.74) is -0.277. The second-order valence-corrected chi connectivity index (χ2v) is 10.6. The van der Waals surface area contributed by atoms with Gasteiger partial charge in [-0.3, -0.25) is 4.79 Å². The minimum Gasteiger partial charge on any atom is -0.390 e. The Balaban J connectivity index is 1.59. The first-order valence-corrected chi connectivity index (χ1v) is 10.4. The fraction of sp³-hybridized carbons (Fsp3) is 0.955. The molecule has 1 N–H and O–H groups in total. The highest BCUT2D eigenvalue weighted by molar-refractivity contribution is 5.83. The highest BCUT2D eigenvalue weighted by atomic mass is 16.3. The van der Waals surface area contributed by atoms with E-state index in [1.54, 1.807) is 0 Å². The van der Waals surface area contributed by atoms with Crippen molar-refractivity contribution in [2.45, 2.75) is 91.1 Å². The minimum absolute atomic E-state index is 0.0876. The van der Waals surface area contributed by atoms with Gasteiger partial charge in [-0.15, -0.1) is 0 Å². The predicted molar refractivity (Wildman–Crippen MR) is 96.5 cm³/mol. The standard InChI is InChI=1S/C22H36O2/c1-14(23)21(3)12-9-19-18-6-5-15-13-20(2,24)10-7-16(15)17(18)8-11-22(19,21)4/h15-19,24H,5-13H2,1-4H3/t15-,16+,17-,18-,19+,20-,21-,22+/m1/s1. The average Bonchev–Trinajstić information content (AvgIpc) is 2.79. The molecule has 24 heavy (non-hydrogen) atoms. The van der Waals surface area contributed by atoms with Crippen molar-refractivity contribution in [3.63, 3.8) is 0 Å². The largest absolute Gasteiger partial charge is 0.390 e. The number of rotatable bonds is 1. The van der Waals surface area contributed by atoms with E-state index in [0.717, 1.165) is 48.9 Å². The molecule has 0 aromatic rings. The Bertz CT molecular complexity index is 538. The van der Waals surface area contributed by atoms with Gasteiger partial charge in [0.05, 0.1) is 5.60 Å². The van der Waals surface area contributed by atoms with Gasteiger partial charge in [-0.1, -0.05) is 13.8 Å². The zero-order valence-corrected chi connectivity index (χ0v) is 16.1. The van der Waals surface area contributed by atoms with Crippen LogP contribution in [-0.4, -0.2) is 16.5 Å². The average molecular weight is 333 g/mol. The maximum atomic E-state index is 12.5. The van der Waals surface area contributed by atoms with E-state index in [0.29, 0.717) is 5.78 Å². The van der Waals surface area contributed by atoms with E-state index in [4.69, 9.17) is 0 Å². The molecule has 0 saturated heterocycles. The summed E-state index contributed by atoms with van der Waals surface area (Å²) in [6, 6.07) is 0. The van der Waals surface area contributed by atoms with Gasteiger partial charge in [0.25, 0.3) is 0 Å². The molecule has 0 aromatic heterocycles. The number of hydrogen-bond donors (Lipinski definition) is 1. The van der Waals surface area contributed by atoms with Gasteiger partial charge >= 0.3 is 0 Å². The molecule has 0 aliphatic heterocycles. The van der Waals surface area contributed by atoms with Crippen LogP contribution in [0.1, 0.15) is 85.5 Å². The van der Waals surface area contributed by atoms with Crippen LogP contribution in [0.3, 0.4) is 0 Å². The van der Waals surface area contributed by atoms with Crippen molar-refractivity contribution in [3.05, 3.63) is 0 Å². The monoisotopic (exact) mass is 332 g/mol. The van der Waals surface area contributed by atoms with Crippen molar-refractivity contribution in [3.8, 4) is 0 Å². The zero-order valence-electron chi connectivity index (χ0n) is 16.1. The highest BCUT2D eigenvalue weighted by Crippen LogP contribution is 2.68. The number of hydrogen-bond acceptors (Lipinski definition) is 2. The molecule has 2 nitrogen and oxygen atoms in total. The van der Waals surface area contributed by atoms with Crippen LogP contribution in [0.2, 0.25) is 0 Å². The number of Topliss-reactive ketones (excluding diaryl/α,β-unsaturated/α-hetero) is 1. The van der Waals surface area contributed by atoms with Gasteiger partial charge in [0.2, 0.25) is 0 Å². The van der Waals surface area contributed by atoms with Crippen molar-refractivity contribution < 1.29 is 9.90 Å². The molecule has 0 spiro atoms. The van der Waals surface area contributed by atoms with Gasteiger partial charge < -0.3 is 5.11 Å². The quantitative estimate of drug-likeness (QED) is 0.735. The lowest BCUT2D eigenvalue weighted by molar-refractivity contribution is -0.141. The summed E-state index contributed by atoms with van der Waals surface area (Å²) in [6.45, 7) is 8.58. The third-order valence-electron chi connectivity index (χ3n) is 9.62. The van der Waals surface area contributed by atoms with Crippen LogP contribution in [0, 0.1) is 40.4 Å². The van der Waals surface area contributed by atoms with E-state index in [1.165, 1.54) is 38.5 Å². The number of fused-ring (bicyclic) bond motifs is 5. The van der Waals surface area contributed by atoms with Crippen LogP contribution in [0.4, 0.5) is 0 Å². The Kier molecular flexibility index (Phi) is 3.78. The highest BCUT2D eigenvalue weighted by Gasteiger charge is 2.62. The molecule has 4 rings (SSSR count). The van der Waals surface area contributed by atoms with Crippen LogP contribution in [0.25, 0.3) is 0 Å². The Labute approximate surface area is 147 Å². The van der Waals surface area contributed by atoms with Gasteiger partial charge in [0.15, 0.2) is 0 Å². The van der Waals surface area contributed by atoms with Gasteiger partial charge in [0, 0.05) is 5.41 Å². The zero-order chi connectivity index (χ0) is 17.3. The summed E-state index contributed by atoms with van der Waals surface area (Å²) >= 11 is 0. The maximum Gasteiger partial charge on any atom is 0.136 e. The second-order valence-electron chi connectivity index (χ2n) is 10.6. The minimum atomic E-state index is -0.419. The van der Waals surface area contributed by atoms with E-state index in [-0.39, 0.29) is 10.8 Å². The molecule has 0 radical (unpaired) electrons. The smallest absolute Gasteiger partial charge is 0.136 e. The third kappa shape index (κ3) is 2.20. The van der Waals surface area contributed by atoms with Gasteiger partial charge in [0.1, 0.15) is 5.78 Å². The number of aliphatic hydroxyl groups is 1. The Morgan fingerprint density at radius 3 is 2.29 bits per heavy atom. The van der Waals surface area contributed by atoms with Gasteiger partial charge in [-0.2, -0.15) is 0 Å². The SMILES string of the molecule is CC(=O)[C@@]1(C)CC[C@H]2[C@@H]3CC[C@@H]4C[C@](C)(O)CC[C@@H]4[C@H]3CC[C@@]21C. The maximum absolute atomic E-state index is 12.5. The van der Waals surface area contributed by atoms with Crippen molar-refractivity contribution in [1.82, 2.24) is 0 Å². The van der Waals surface area contributed by atoms with Crippen molar-refractivity contribution in [2.24, 2.45) is 40.4 Å². The van der Waals surface area contributed by atoms with E-state index in [1.807, 2.05) is 13.8 Å². The Morgan fingerprint density at radius 1 is 0.875 bits per heavy atom. The van der Waals surface area contributed by atoms with E-state index in [2.05, 4.69) is 13.8 Å². The van der Waals surface area contributed by atoms with E-state index < -0.39 is 5.60 Å². The predicted octanol–water partition coefficient (Wildman–Crippen LogP) is 4.99. The summed E-state index contributed by atoms with van der Waals surface area (Å²) in [5.74, 6) is 4.49. The van der Waals surface area contributed by atoms with Crippen LogP contribution < -0.4 is 0 Å². The lowest BCUT2D eigenvalue weighted by atomic mass is 9.47. The molecule has 0 bridgehead atoms. The molecule has 4 fully saturated rings. The van der Waals surface area contributed by atoms with Gasteiger partial charge in [-0.05, 0) is 107 Å². The van der Waals surface area contributed by atoms with Crippen LogP contribution >= 0.6 is 0 Å². The fourth-order valence-electron chi connectivity index (χ4n) is 7.93. The summed E-state index contributed by atoms with van der Waals surface area (Å²) in [4.78, 5) is 12.5. The first-order chi connectivity index (χ1) is 11.2. The second kappa shape index (κ2) is 5.32. The molecule has 8 atom stereocenters. The Morgan fingerprint density at radius 2 is 1.58 bits per heavy atom. The molecule has 0 heterocycles.